The maximum absolute atomic E-state index is 13.1. The Bertz CT molecular complexity index is 2240. The number of hydrogen-bond acceptors (Lipinski definition) is 8. The number of pyridine rings is 2. The van der Waals surface area contributed by atoms with Gasteiger partial charge in [-0.05, 0) is 68.0 Å². The number of urea groups is 1. The van der Waals surface area contributed by atoms with Gasteiger partial charge in [-0.15, -0.1) is 0 Å². The smallest absolute Gasteiger partial charge is 0.315 e. The molecule has 5 aromatic rings. The van der Waals surface area contributed by atoms with Gasteiger partial charge in [0.05, 0.1) is 34.9 Å². The predicted molar refractivity (Wildman–Crippen MR) is 202 cm³/mol. The third-order valence-corrected chi connectivity index (χ3v) is 10.7. The molecule has 12 heteroatoms. The molecule has 0 radical (unpaired) electrons. The molecule has 2 aliphatic heterocycles. The number of rotatable bonds is 6. The molecule has 8 rings (SSSR count). The molecular formula is C39H43ClN8O3. The number of anilines is 2. The average Bonchev–Trinajstić information content (AvgIpc) is 3.85. The Kier molecular flexibility index (Phi) is 9.19. The molecule has 0 bridgehead atoms. The van der Waals surface area contributed by atoms with Crippen molar-refractivity contribution < 1.29 is 9.53 Å². The fourth-order valence-corrected chi connectivity index (χ4v) is 8.17. The van der Waals surface area contributed by atoms with E-state index < -0.39 is 0 Å². The lowest BCUT2D eigenvalue weighted by Crippen LogP contribution is -2.46. The average molecular weight is 707 g/mol. The summed E-state index contributed by atoms with van der Waals surface area (Å²) in [5.74, 6) is 1.10. The van der Waals surface area contributed by atoms with Crippen LogP contribution in [0.3, 0.4) is 0 Å². The first kappa shape index (κ1) is 34.4. The van der Waals surface area contributed by atoms with Crippen LogP contribution in [0.25, 0.3) is 33.2 Å². The van der Waals surface area contributed by atoms with Crippen molar-refractivity contribution in [2.45, 2.75) is 58.5 Å². The Morgan fingerprint density at radius 3 is 2.57 bits per heavy atom. The van der Waals surface area contributed by atoms with E-state index in [0.717, 1.165) is 82.6 Å². The number of methoxy groups -OCH3 is 1. The Morgan fingerprint density at radius 1 is 1.04 bits per heavy atom. The summed E-state index contributed by atoms with van der Waals surface area (Å²) in [5, 5.41) is 15.5. The van der Waals surface area contributed by atoms with Crippen molar-refractivity contribution in [1.82, 2.24) is 35.3 Å². The van der Waals surface area contributed by atoms with Crippen LogP contribution in [-0.2, 0) is 13.5 Å². The maximum atomic E-state index is 13.1. The second kappa shape index (κ2) is 13.6. The number of carbonyl (C=O) groups excluding carboxylic acids is 1. The van der Waals surface area contributed by atoms with Crippen LogP contribution in [0.15, 0.2) is 59.5 Å². The molecule has 2 amide bonds. The summed E-state index contributed by atoms with van der Waals surface area (Å²) in [6.45, 7) is 10.3. The summed E-state index contributed by atoms with van der Waals surface area (Å²) in [4.78, 5) is 37.2. The van der Waals surface area contributed by atoms with E-state index in [-0.39, 0.29) is 23.2 Å². The Morgan fingerprint density at radius 2 is 1.80 bits per heavy atom. The van der Waals surface area contributed by atoms with Crippen LogP contribution >= 0.6 is 11.6 Å². The predicted octanol–water partition coefficient (Wildman–Crippen LogP) is 6.85. The molecule has 264 valence electrons. The molecule has 3 aromatic heterocycles. The maximum Gasteiger partial charge on any atom is 0.315 e. The van der Waals surface area contributed by atoms with E-state index >= 15 is 0 Å². The lowest BCUT2D eigenvalue weighted by atomic mass is 9.96. The van der Waals surface area contributed by atoms with Crippen LogP contribution in [0, 0.1) is 13.8 Å². The van der Waals surface area contributed by atoms with Gasteiger partial charge >= 0.3 is 6.03 Å². The first-order valence-electron chi connectivity index (χ1n) is 17.5. The molecule has 2 saturated heterocycles. The second-order valence-corrected chi connectivity index (χ2v) is 13.8. The minimum atomic E-state index is -0.218. The van der Waals surface area contributed by atoms with Gasteiger partial charge in [-0.1, -0.05) is 55.8 Å². The van der Waals surface area contributed by atoms with Gasteiger partial charge in [0, 0.05) is 66.2 Å². The molecule has 51 heavy (non-hydrogen) atoms. The second-order valence-electron chi connectivity index (χ2n) is 13.4. The number of nitrogens with zero attached hydrogens (tertiary/aromatic N) is 5. The molecule has 1 aliphatic carbocycles. The highest BCUT2D eigenvalue weighted by Crippen LogP contribution is 2.46. The molecular weight excluding hydrogens is 664 g/mol. The number of amides is 2. The number of halogens is 1. The van der Waals surface area contributed by atoms with Crippen molar-refractivity contribution in [3.8, 4) is 28.3 Å². The summed E-state index contributed by atoms with van der Waals surface area (Å²) in [7, 11) is 3.31. The molecule has 2 unspecified atom stereocenters. The van der Waals surface area contributed by atoms with E-state index in [1.165, 1.54) is 10.2 Å². The monoisotopic (exact) mass is 706 g/mol. The third-order valence-electron chi connectivity index (χ3n) is 10.3. The molecule has 1 spiro atoms. The number of benzene rings is 2. The van der Waals surface area contributed by atoms with Crippen LogP contribution in [0.1, 0.15) is 55.1 Å². The van der Waals surface area contributed by atoms with E-state index in [1.54, 1.807) is 20.4 Å². The molecule has 2 fully saturated rings. The molecule has 2 aromatic carbocycles. The molecule has 11 nitrogen and oxygen atoms in total. The first-order valence-corrected chi connectivity index (χ1v) is 17.9. The van der Waals surface area contributed by atoms with Crippen LogP contribution in [0.5, 0.6) is 5.88 Å². The summed E-state index contributed by atoms with van der Waals surface area (Å²) in [5.41, 5.74) is 7.88. The standard InChI is InChI=1S/C37H37ClN8O3.C2H6/c1-20-15-23-17-40-45(3)35(47)31(23)33(41-20)42-27-10-6-7-24(21(27)2)25-8-5-9-26(32(25)38)28-16-22-11-12-29(30(22)34(43-28)49-4)46-14-13-37(19-46)18-39-36(48)44-37;1-2/h5-10,15-17,29H,11-14,18-19H2,1-4H3,(H,41,42)(H2,39,44,48);1-2H3. The van der Waals surface area contributed by atoms with Crippen LogP contribution in [-0.4, -0.2) is 63.0 Å². The SMILES string of the molecule is CC.COc1nc(-c2cccc(-c3cccc(Nc4nc(C)cc5cnn(C)c(=O)c45)c3C)c2Cl)cc2c1C(N1CCC3(CNC(=O)N3)C1)CC2. The number of ether oxygens (including phenoxy) is 1. The molecule has 3 N–H and O–H groups in total. The highest BCUT2D eigenvalue weighted by Gasteiger charge is 2.46. The lowest BCUT2D eigenvalue weighted by molar-refractivity contribution is 0.219. The van der Waals surface area contributed by atoms with Crippen molar-refractivity contribution in [1.29, 1.82) is 0 Å². The number of aromatic nitrogens is 4. The number of hydrogen-bond donors (Lipinski definition) is 3. The topological polar surface area (TPSA) is 126 Å². The number of nitrogens with one attached hydrogen (secondary N) is 3. The molecule has 2 atom stereocenters. The fraction of sp³-hybridized carbons (Fsp3) is 0.359. The van der Waals surface area contributed by atoms with Crippen molar-refractivity contribution >= 4 is 39.9 Å². The zero-order valence-corrected chi connectivity index (χ0v) is 30.6. The van der Waals surface area contributed by atoms with E-state index in [4.69, 9.17) is 21.3 Å². The largest absolute Gasteiger partial charge is 0.481 e. The lowest BCUT2D eigenvalue weighted by Gasteiger charge is -2.28. The fourth-order valence-electron chi connectivity index (χ4n) is 7.84. The van der Waals surface area contributed by atoms with Gasteiger partial charge in [-0.3, -0.25) is 9.69 Å². The summed E-state index contributed by atoms with van der Waals surface area (Å²) in [6, 6.07) is 16.1. The highest BCUT2D eigenvalue weighted by atomic mass is 35.5. The van der Waals surface area contributed by atoms with Crippen LogP contribution < -0.4 is 26.2 Å². The highest BCUT2D eigenvalue weighted by molar-refractivity contribution is 6.36. The zero-order valence-electron chi connectivity index (χ0n) is 29.9. The minimum absolute atomic E-state index is 0.0865. The van der Waals surface area contributed by atoms with Crippen molar-refractivity contribution in [2.75, 3.05) is 32.1 Å². The summed E-state index contributed by atoms with van der Waals surface area (Å²) in [6.07, 6.45) is 4.47. The first-order chi connectivity index (χ1) is 24.6. The minimum Gasteiger partial charge on any atom is -0.481 e. The van der Waals surface area contributed by atoms with E-state index in [2.05, 4.69) is 37.0 Å². The van der Waals surface area contributed by atoms with Crippen LogP contribution in [0.2, 0.25) is 5.02 Å². The Labute approximate surface area is 302 Å². The molecule has 3 aliphatic rings. The van der Waals surface area contributed by atoms with Crippen LogP contribution in [0.4, 0.5) is 16.3 Å². The van der Waals surface area contributed by atoms with E-state index in [9.17, 15) is 9.59 Å². The van der Waals surface area contributed by atoms with Crippen molar-refractivity contribution in [3.05, 3.63) is 92.5 Å². The van der Waals surface area contributed by atoms with Gasteiger partial charge in [0.15, 0.2) is 0 Å². The summed E-state index contributed by atoms with van der Waals surface area (Å²) >= 11 is 7.25. The number of likely N-dealkylation sites (tertiary alicyclic amines) is 1. The van der Waals surface area contributed by atoms with Gasteiger partial charge in [-0.25, -0.2) is 19.4 Å². The normalized spacial score (nSPS) is 19.4. The Hall–Kier alpha value is -5.00. The van der Waals surface area contributed by atoms with Gasteiger partial charge in [0.2, 0.25) is 5.88 Å². The van der Waals surface area contributed by atoms with Gasteiger partial charge < -0.3 is 20.7 Å². The van der Waals surface area contributed by atoms with Gasteiger partial charge in [0.25, 0.3) is 5.56 Å². The van der Waals surface area contributed by atoms with E-state index in [1.807, 2.05) is 70.2 Å². The van der Waals surface area contributed by atoms with Crippen molar-refractivity contribution in [3.63, 3.8) is 0 Å². The molecule has 5 heterocycles. The number of aryl methyl sites for hydroxylation is 3. The quantitative estimate of drug-likeness (QED) is 0.175. The Balaban J connectivity index is 0.00000200. The number of fused-ring (bicyclic) bond motifs is 2. The van der Waals surface area contributed by atoms with Gasteiger partial charge in [-0.2, -0.15) is 5.10 Å². The van der Waals surface area contributed by atoms with Gasteiger partial charge in [0.1, 0.15) is 5.82 Å². The molecule has 0 saturated carbocycles. The number of carbonyl (C=O) groups is 1. The van der Waals surface area contributed by atoms with E-state index in [0.29, 0.717) is 28.7 Å². The zero-order chi connectivity index (χ0) is 36.0. The summed E-state index contributed by atoms with van der Waals surface area (Å²) < 4.78 is 7.26. The van der Waals surface area contributed by atoms with Crippen molar-refractivity contribution in [2.24, 2.45) is 7.05 Å². The third kappa shape index (κ3) is 6.08.